The van der Waals surface area contributed by atoms with Crippen molar-refractivity contribution < 1.29 is 9.90 Å². The summed E-state index contributed by atoms with van der Waals surface area (Å²) in [4.78, 5) is 18.5. The van der Waals surface area contributed by atoms with E-state index in [4.69, 9.17) is 5.73 Å². The van der Waals surface area contributed by atoms with Crippen molar-refractivity contribution in [2.24, 2.45) is 5.73 Å². The third kappa shape index (κ3) is 2.50. The highest BCUT2D eigenvalue weighted by Gasteiger charge is 2.49. The molecule has 0 aromatic carbocycles. The molecule has 0 aliphatic carbocycles. The summed E-state index contributed by atoms with van der Waals surface area (Å²) < 4.78 is 2.07. The summed E-state index contributed by atoms with van der Waals surface area (Å²) in [6.45, 7) is 2.27. The van der Waals surface area contributed by atoms with E-state index in [2.05, 4.69) is 9.55 Å². The fourth-order valence-corrected chi connectivity index (χ4v) is 4.53. The van der Waals surface area contributed by atoms with Gasteiger partial charge >= 0.3 is 0 Å². The molecule has 0 saturated carbocycles. The van der Waals surface area contributed by atoms with Crippen molar-refractivity contribution in [3.05, 3.63) is 30.7 Å². The largest absolute Gasteiger partial charge is 0.388 e. The van der Waals surface area contributed by atoms with E-state index in [0.717, 1.165) is 23.7 Å². The van der Waals surface area contributed by atoms with Crippen molar-refractivity contribution in [2.75, 3.05) is 0 Å². The van der Waals surface area contributed by atoms with Crippen LogP contribution in [0.1, 0.15) is 32.6 Å². The lowest BCUT2D eigenvalue weighted by molar-refractivity contribution is -0.143. The number of aromatic nitrogens is 2. The molecule has 3 atom stereocenters. The number of amides is 1. The zero-order chi connectivity index (χ0) is 16.9. The van der Waals surface area contributed by atoms with E-state index in [1.807, 2.05) is 29.4 Å². The van der Waals surface area contributed by atoms with Crippen LogP contribution in [0.25, 0.3) is 10.9 Å². The topological polar surface area (TPSA) is 84.4 Å². The first-order chi connectivity index (χ1) is 11.5. The van der Waals surface area contributed by atoms with Crippen LogP contribution in [0, 0.1) is 0 Å². The molecule has 2 saturated heterocycles. The molecule has 2 aromatic rings. The zero-order valence-electron chi connectivity index (χ0n) is 13.9. The average molecular weight is 328 g/mol. The van der Waals surface area contributed by atoms with Crippen LogP contribution >= 0.6 is 0 Å². The molecule has 2 aliphatic heterocycles. The highest BCUT2D eigenvalue weighted by Crippen LogP contribution is 2.42. The van der Waals surface area contributed by atoms with Gasteiger partial charge in [0.2, 0.25) is 5.91 Å². The Labute approximate surface area is 141 Å². The number of aliphatic hydroxyl groups is 1. The Balaban J connectivity index is 1.56. The Morgan fingerprint density at radius 3 is 2.79 bits per heavy atom. The lowest BCUT2D eigenvalue weighted by atomic mass is 9.85. The number of carbonyl (C=O) groups excluding carboxylic acids is 1. The van der Waals surface area contributed by atoms with E-state index in [1.54, 1.807) is 13.1 Å². The van der Waals surface area contributed by atoms with E-state index >= 15 is 0 Å². The van der Waals surface area contributed by atoms with Crippen molar-refractivity contribution in [1.29, 1.82) is 0 Å². The zero-order valence-corrected chi connectivity index (χ0v) is 13.9. The number of hydrogen-bond donors (Lipinski definition) is 2. The molecule has 1 amide bonds. The standard InChI is InChI=1S/C18H24N4O2/c1-12(19)17(23)22-14-2-3-15(22)9-18(24,8-14)11-21-7-5-13-4-6-20-10-16(13)21/h4-7,10,12,14-15,24H,2-3,8-9,11,19H2,1H3/t12-,14-,15-/m1/s1. The van der Waals surface area contributed by atoms with E-state index in [9.17, 15) is 9.90 Å². The molecule has 2 aromatic heterocycles. The second-order valence-electron chi connectivity index (χ2n) is 7.43. The van der Waals surface area contributed by atoms with Gasteiger partial charge in [0.15, 0.2) is 0 Å². The molecule has 3 N–H and O–H groups in total. The van der Waals surface area contributed by atoms with Gasteiger partial charge in [-0.2, -0.15) is 0 Å². The minimum Gasteiger partial charge on any atom is -0.388 e. The summed E-state index contributed by atoms with van der Waals surface area (Å²) in [7, 11) is 0. The number of piperidine rings is 1. The van der Waals surface area contributed by atoms with Gasteiger partial charge in [0, 0.05) is 29.9 Å². The number of fused-ring (bicyclic) bond motifs is 3. The van der Waals surface area contributed by atoms with E-state index < -0.39 is 11.6 Å². The summed E-state index contributed by atoms with van der Waals surface area (Å²) in [5.74, 6) is 0.0140. The summed E-state index contributed by atoms with van der Waals surface area (Å²) in [6.07, 6.45) is 8.76. The van der Waals surface area contributed by atoms with Crippen molar-refractivity contribution in [3.63, 3.8) is 0 Å². The minimum atomic E-state index is -0.789. The monoisotopic (exact) mass is 328 g/mol. The number of rotatable bonds is 3. The smallest absolute Gasteiger partial charge is 0.239 e. The molecule has 4 heterocycles. The van der Waals surface area contributed by atoms with Gasteiger partial charge in [0.05, 0.1) is 29.9 Å². The van der Waals surface area contributed by atoms with Gasteiger partial charge in [-0.25, -0.2) is 0 Å². The molecular weight excluding hydrogens is 304 g/mol. The summed E-state index contributed by atoms with van der Waals surface area (Å²) in [5, 5.41) is 12.3. The second kappa shape index (κ2) is 5.57. The van der Waals surface area contributed by atoms with Gasteiger partial charge in [-0.15, -0.1) is 0 Å². The van der Waals surface area contributed by atoms with Crippen LogP contribution in [-0.2, 0) is 11.3 Å². The first-order valence-electron chi connectivity index (χ1n) is 8.66. The maximum atomic E-state index is 12.4. The predicted molar refractivity (Wildman–Crippen MR) is 91.2 cm³/mol. The Morgan fingerprint density at radius 2 is 2.12 bits per heavy atom. The number of nitrogens with two attached hydrogens (primary N) is 1. The molecule has 6 nitrogen and oxygen atoms in total. The molecule has 6 heteroatoms. The van der Waals surface area contributed by atoms with E-state index in [1.165, 1.54) is 0 Å². The van der Waals surface area contributed by atoms with Crippen molar-refractivity contribution in [3.8, 4) is 0 Å². The van der Waals surface area contributed by atoms with Crippen LogP contribution in [0.15, 0.2) is 30.7 Å². The van der Waals surface area contributed by atoms with Crippen LogP contribution in [-0.4, -0.2) is 49.2 Å². The number of pyridine rings is 1. The third-order valence-corrected chi connectivity index (χ3v) is 5.54. The summed E-state index contributed by atoms with van der Waals surface area (Å²) >= 11 is 0. The highest BCUT2D eigenvalue weighted by molar-refractivity contribution is 5.82. The van der Waals surface area contributed by atoms with Gasteiger partial charge in [-0.3, -0.25) is 9.78 Å². The molecule has 0 spiro atoms. The maximum Gasteiger partial charge on any atom is 0.239 e. The summed E-state index contributed by atoms with van der Waals surface area (Å²) in [6, 6.07) is 3.76. The minimum absolute atomic E-state index is 0.0140. The van der Waals surface area contributed by atoms with Crippen LogP contribution in [0.5, 0.6) is 0 Å². The van der Waals surface area contributed by atoms with Crippen LogP contribution < -0.4 is 5.73 Å². The summed E-state index contributed by atoms with van der Waals surface area (Å²) in [5.41, 5.74) is 6.04. The first-order valence-corrected chi connectivity index (χ1v) is 8.66. The molecule has 0 radical (unpaired) electrons. The maximum absolute atomic E-state index is 12.4. The van der Waals surface area contributed by atoms with E-state index in [-0.39, 0.29) is 18.0 Å². The Hall–Kier alpha value is -1.92. The third-order valence-electron chi connectivity index (χ3n) is 5.54. The normalized spacial score (nSPS) is 30.7. The van der Waals surface area contributed by atoms with Crippen molar-refractivity contribution in [1.82, 2.24) is 14.5 Å². The molecule has 4 rings (SSSR count). The van der Waals surface area contributed by atoms with Gasteiger partial charge < -0.3 is 20.3 Å². The SMILES string of the molecule is C[C@@H](N)C(=O)N1[C@@H]2CC[C@@H]1CC(O)(Cn1ccc3ccncc31)C2. The number of carbonyl (C=O) groups is 1. The molecule has 0 unspecified atom stereocenters. The average Bonchev–Trinajstić information content (AvgIpc) is 3.06. The van der Waals surface area contributed by atoms with Crippen molar-refractivity contribution in [2.45, 2.75) is 62.9 Å². The van der Waals surface area contributed by atoms with E-state index in [0.29, 0.717) is 19.4 Å². The molecule has 2 fully saturated rings. The molecule has 128 valence electrons. The van der Waals surface area contributed by atoms with Crippen LogP contribution in [0.3, 0.4) is 0 Å². The van der Waals surface area contributed by atoms with Gasteiger partial charge in [0.1, 0.15) is 0 Å². The lowest BCUT2D eigenvalue weighted by Crippen LogP contribution is -2.57. The van der Waals surface area contributed by atoms with Crippen LogP contribution in [0.2, 0.25) is 0 Å². The lowest BCUT2D eigenvalue weighted by Gasteiger charge is -2.44. The predicted octanol–water partition coefficient (Wildman–Crippen LogP) is 1.27. The molecule has 24 heavy (non-hydrogen) atoms. The molecule has 2 bridgehead atoms. The highest BCUT2D eigenvalue weighted by atomic mass is 16.3. The molecule has 2 aliphatic rings. The van der Waals surface area contributed by atoms with Crippen LogP contribution in [0.4, 0.5) is 0 Å². The number of nitrogens with zero attached hydrogens (tertiary/aromatic N) is 3. The fourth-order valence-electron chi connectivity index (χ4n) is 4.53. The quantitative estimate of drug-likeness (QED) is 0.888. The van der Waals surface area contributed by atoms with Gasteiger partial charge in [0.25, 0.3) is 0 Å². The van der Waals surface area contributed by atoms with Gasteiger partial charge in [-0.05, 0) is 44.7 Å². The number of hydrogen-bond acceptors (Lipinski definition) is 4. The Kier molecular flexibility index (Phi) is 3.62. The van der Waals surface area contributed by atoms with Crippen molar-refractivity contribution >= 4 is 16.8 Å². The van der Waals surface area contributed by atoms with Gasteiger partial charge in [-0.1, -0.05) is 0 Å². The fraction of sp³-hybridized carbons (Fsp3) is 0.556. The second-order valence-corrected chi connectivity index (χ2v) is 7.43. The Morgan fingerprint density at radius 1 is 1.42 bits per heavy atom. The Bertz CT molecular complexity index is 755. The first kappa shape index (κ1) is 15.6. The molecular formula is C18H24N4O2.